The van der Waals surface area contributed by atoms with Crippen molar-refractivity contribution in [2.75, 3.05) is 18.0 Å². The van der Waals surface area contributed by atoms with Gasteiger partial charge in [0.1, 0.15) is 5.82 Å². The Bertz CT molecular complexity index is 466. The minimum absolute atomic E-state index is 0.00406. The number of nitrogens with zero attached hydrogens (tertiary/aromatic N) is 3. The van der Waals surface area contributed by atoms with Crippen LogP contribution in [0.1, 0.15) is 52.3 Å². The Morgan fingerprint density at radius 2 is 2.25 bits per heavy atom. The molecule has 2 N–H and O–H groups in total. The third-order valence-electron chi connectivity index (χ3n) is 3.67. The van der Waals surface area contributed by atoms with Crippen molar-refractivity contribution in [2.45, 2.75) is 51.9 Å². The Balaban J connectivity index is 1.98. The molecule has 1 aliphatic rings. The molecular weight excluding hydrogens is 272 g/mol. The lowest BCUT2D eigenvalue weighted by molar-refractivity contribution is -0.118. The van der Waals surface area contributed by atoms with Crippen LogP contribution >= 0.6 is 11.5 Å². The zero-order valence-electron chi connectivity index (χ0n) is 12.6. The molecule has 1 saturated heterocycles. The highest BCUT2D eigenvalue weighted by molar-refractivity contribution is 7.09. The molecule has 20 heavy (non-hydrogen) atoms. The van der Waals surface area contributed by atoms with Crippen LogP contribution in [0.3, 0.4) is 0 Å². The average molecular weight is 296 g/mol. The van der Waals surface area contributed by atoms with Crippen molar-refractivity contribution in [3.63, 3.8) is 0 Å². The van der Waals surface area contributed by atoms with Crippen molar-refractivity contribution in [3.05, 3.63) is 5.82 Å². The number of carbonyl (C=O) groups excluding carboxylic acids is 1. The highest BCUT2D eigenvalue weighted by Gasteiger charge is 2.25. The minimum atomic E-state index is -0.201. The molecule has 0 saturated carbocycles. The largest absolute Gasteiger partial charge is 0.370 e. The molecule has 1 aliphatic heterocycles. The van der Waals surface area contributed by atoms with Crippen molar-refractivity contribution in [2.24, 2.45) is 11.7 Å². The van der Waals surface area contributed by atoms with E-state index in [1.807, 2.05) is 0 Å². The topological polar surface area (TPSA) is 72.1 Å². The van der Waals surface area contributed by atoms with Crippen molar-refractivity contribution < 1.29 is 4.79 Å². The number of hydrogen-bond acceptors (Lipinski definition) is 5. The second-order valence-electron chi connectivity index (χ2n) is 6.61. The molecule has 6 heteroatoms. The molecule has 112 valence electrons. The second-order valence-corrected chi connectivity index (χ2v) is 7.34. The molecule has 1 unspecified atom stereocenters. The lowest BCUT2D eigenvalue weighted by Gasteiger charge is -2.32. The fraction of sp³-hybridized carbons (Fsp3) is 0.786. The van der Waals surface area contributed by atoms with E-state index >= 15 is 0 Å². The fourth-order valence-electron chi connectivity index (χ4n) is 2.47. The maximum absolute atomic E-state index is 10.9. The Hall–Kier alpha value is -1.17. The number of hydrogen-bond donors (Lipinski definition) is 1. The summed E-state index contributed by atoms with van der Waals surface area (Å²) in [6.45, 7) is 8.39. The summed E-state index contributed by atoms with van der Waals surface area (Å²) in [6.07, 6.45) is 3.70. The van der Waals surface area contributed by atoms with E-state index < -0.39 is 0 Å². The first-order valence-electron chi connectivity index (χ1n) is 7.23. The van der Waals surface area contributed by atoms with Gasteiger partial charge in [0.15, 0.2) is 0 Å². The SMILES string of the molecule is CC(C)(C)c1nsc(N2CCCC(CCC(N)=O)C2)n1. The summed E-state index contributed by atoms with van der Waals surface area (Å²) in [5, 5.41) is 1.01. The van der Waals surface area contributed by atoms with Crippen molar-refractivity contribution >= 4 is 22.6 Å². The molecule has 0 radical (unpaired) electrons. The zero-order valence-corrected chi connectivity index (χ0v) is 13.4. The van der Waals surface area contributed by atoms with Gasteiger partial charge in [-0.2, -0.15) is 4.37 Å². The van der Waals surface area contributed by atoms with Gasteiger partial charge in [-0.1, -0.05) is 20.8 Å². The first-order valence-corrected chi connectivity index (χ1v) is 8.01. The van der Waals surface area contributed by atoms with Gasteiger partial charge in [-0.25, -0.2) is 4.98 Å². The summed E-state index contributed by atoms with van der Waals surface area (Å²) >= 11 is 1.48. The second kappa shape index (κ2) is 6.08. The number of nitrogens with two attached hydrogens (primary N) is 1. The summed E-state index contributed by atoms with van der Waals surface area (Å²) < 4.78 is 4.48. The third kappa shape index (κ3) is 3.91. The summed E-state index contributed by atoms with van der Waals surface area (Å²) in [6, 6.07) is 0. The van der Waals surface area contributed by atoms with Crippen molar-refractivity contribution in [1.29, 1.82) is 0 Å². The maximum Gasteiger partial charge on any atom is 0.217 e. The van der Waals surface area contributed by atoms with Gasteiger partial charge in [-0.05, 0) is 25.2 Å². The van der Waals surface area contributed by atoms with Gasteiger partial charge in [0, 0.05) is 36.5 Å². The summed E-state index contributed by atoms with van der Waals surface area (Å²) in [5.41, 5.74) is 5.23. The van der Waals surface area contributed by atoms with Gasteiger partial charge in [0.2, 0.25) is 11.0 Å². The lowest BCUT2D eigenvalue weighted by Crippen LogP contribution is -2.35. The average Bonchev–Trinajstić information content (AvgIpc) is 2.86. The molecule has 5 nitrogen and oxygen atoms in total. The standard InChI is InChI=1S/C14H24N4OS/c1-14(2,3)12-16-13(20-17-12)18-8-4-5-10(9-18)6-7-11(15)19/h10H,4-9H2,1-3H3,(H2,15,19). The predicted octanol–water partition coefficient (Wildman–Crippen LogP) is 2.32. The van der Waals surface area contributed by atoms with E-state index in [0.29, 0.717) is 12.3 Å². The van der Waals surface area contributed by atoms with Crippen molar-refractivity contribution in [1.82, 2.24) is 9.36 Å². The highest BCUT2D eigenvalue weighted by atomic mass is 32.1. The molecule has 2 heterocycles. The number of amides is 1. The van der Waals surface area contributed by atoms with Gasteiger partial charge in [0.25, 0.3) is 0 Å². The van der Waals surface area contributed by atoms with E-state index in [0.717, 1.165) is 36.9 Å². The van der Waals surface area contributed by atoms with Crippen LogP contribution in [0.5, 0.6) is 0 Å². The van der Waals surface area contributed by atoms with Crippen LogP contribution < -0.4 is 10.6 Å². The summed E-state index contributed by atoms with van der Waals surface area (Å²) in [7, 11) is 0. The van der Waals surface area contributed by atoms with Crippen LogP contribution in [0.15, 0.2) is 0 Å². The molecule has 0 bridgehead atoms. The quantitative estimate of drug-likeness (QED) is 0.925. The van der Waals surface area contributed by atoms with Crippen LogP contribution in [-0.2, 0) is 10.2 Å². The van der Waals surface area contributed by atoms with Gasteiger partial charge in [-0.3, -0.25) is 4.79 Å². The van der Waals surface area contributed by atoms with E-state index in [1.165, 1.54) is 18.0 Å². The molecule has 1 atom stereocenters. The molecule has 1 fully saturated rings. The van der Waals surface area contributed by atoms with Gasteiger partial charge in [-0.15, -0.1) is 0 Å². The first kappa shape index (κ1) is 15.2. The Kier molecular flexibility index (Phi) is 4.62. The number of rotatable bonds is 4. The monoisotopic (exact) mass is 296 g/mol. The Labute approximate surface area is 124 Å². The summed E-state index contributed by atoms with van der Waals surface area (Å²) in [4.78, 5) is 17.9. The molecule has 2 rings (SSSR count). The molecule has 0 aromatic carbocycles. The van der Waals surface area contributed by atoms with E-state index in [1.54, 1.807) is 0 Å². The number of aromatic nitrogens is 2. The number of primary amides is 1. The smallest absolute Gasteiger partial charge is 0.217 e. The number of anilines is 1. The lowest BCUT2D eigenvalue weighted by atomic mass is 9.93. The maximum atomic E-state index is 10.9. The normalized spacial score (nSPS) is 20.1. The summed E-state index contributed by atoms with van der Waals surface area (Å²) in [5.74, 6) is 1.25. The Morgan fingerprint density at radius 1 is 1.50 bits per heavy atom. The highest BCUT2D eigenvalue weighted by Crippen LogP contribution is 2.29. The van der Waals surface area contributed by atoms with Crippen molar-refractivity contribution in [3.8, 4) is 0 Å². The number of piperidine rings is 1. The molecule has 0 spiro atoms. The van der Waals surface area contributed by atoms with Crippen LogP contribution in [0.2, 0.25) is 0 Å². The Morgan fingerprint density at radius 3 is 2.85 bits per heavy atom. The van der Waals surface area contributed by atoms with Crippen LogP contribution in [0.25, 0.3) is 0 Å². The fourth-order valence-corrected chi connectivity index (χ4v) is 3.36. The van der Waals surface area contributed by atoms with Crippen LogP contribution in [0.4, 0.5) is 5.13 Å². The van der Waals surface area contributed by atoms with Crippen LogP contribution in [0, 0.1) is 5.92 Å². The molecule has 1 amide bonds. The molecular formula is C14H24N4OS. The van der Waals surface area contributed by atoms with Gasteiger partial charge in [0.05, 0.1) is 0 Å². The third-order valence-corrected chi connectivity index (χ3v) is 4.45. The zero-order chi connectivity index (χ0) is 14.8. The molecule has 1 aromatic rings. The molecule has 0 aliphatic carbocycles. The number of carbonyl (C=O) groups is 1. The van der Waals surface area contributed by atoms with E-state index in [2.05, 4.69) is 35.0 Å². The van der Waals surface area contributed by atoms with Gasteiger partial charge < -0.3 is 10.6 Å². The van der Waals surface area contributed by atoms with E-state index in [4.69, 9.17) is 5.73 Å². The molecule has 1 aromatic heterocycles. The van der Waals surface area contributed by atoms with E-state index in [-0.39, 0.29) is 11.3 Å². The van der Waals surface area contributed by atoms with Gasteiger partial charge >= 0.3 is 0 Å². The van der Waals surface area contributed by atoms with E-state index in [9.17, 15) is 4.79 Å². The van der Waals surface area contributed by atoms with Crippen LogP contribution in [-0.4, -0.2) is 28.4 Å². The minimum Gasteiger partial charge on any atom is -0.370 e. The first-order chi connectivity index (χ1) is 9.36. The predicted molar refractivity (Wildman–Crippen MR) is 82.0 cm³/mol.